The number of primary amides is 1. The van der Waals surface area contributed by atoms with Crippen LogP contribution in [-0.4, -0.2) is 156 Å². The summed E-state index contributed by atoms with van der Waals surface area (Å²) in [7, 11) is 0. The molecule has 0 aliphatic carbocycles. The van der Waals surface area contributed by atoms with Crippen molar-refractivity contribution in [3.63, 3.8) is 0 Å². The molecule has 0 bridgehead atoms. The Morgan fingerprint density at radius 1 is 0.852 bits per heavy atom. The number of aliphatic hydroxyl groups excluding tert-OH is 3. The number of hydrogen-bond acceptors (Lipinski definition) is 18. The summed E-state index contributed by atoms with van der Waals surface area (Å²) in [5.41, 5.74) is 34.1. The molecule has 2 rings (SSSR count). The van der Waals surface area contributed by atoms with E-state index in [1.807, 2.05) is 0 Å². The van der Waals surface area contributed by atoms with Crippen LogP contribution < -0.4 is 61.0 Å². The zero-order valence-electron chi connectivity index (χ0n) is 30.3. The number of nitrogens with one attached hydrogen (secondary N) is 5. The van der Waals surface area contributed by atoms with E-state index in [2.05, 4.69) is 31.6 Å². The second kappa shape index (κ2) is 23.8. The summed E-state index contributed by atoms with van der Waals surface area (Å²) in [5.74, 6) is -2.58. The smallest absolute Gasteiger partial charge is 0.404 e. The lowest BCUT2D eigenvalue weighted by molar-refractivity contribution is -0.198. The van der Waals surface area contributed by atoms with Crippen molar-refractivity contribution in [2.75, 3.05) is 32.8 Å². The van der Waals surface area contributed by atoms with Gasteiger partial charge in [0.1, 0.15) is 31.0 Å². The molecule has 0 spiro atoms. The number of rotatable bonds is 24. The molecule has 54 heavy (non-hydrogen) atoms. The van der Waals surface area contributed by atoms with Gasteiger partial charge in [-0.3, -0.25) is 14.4 Å². The van der Waals surface area contributed by atoms with E-state index in [-0.39, 0.29) is 56.2 Å². The molecule has 23 heteroatoms. The van der Waals surface area contributed by atoms with Gasteiger partial charge in [-0.05, 0) is 45.1 Å². The quantitative estimate of drug-likeness (QED) is 0.0405. The number of aliphatic imine (C=N–C) groups is 1. The Morgan fingerprint density at radius 3 is 1.89 bits per heavy atom. The second-order valence-electron chi connectivity index (χ2n) is 13.5. The first kappa shape index (κ1) is 46.2. The molecule has 4 amide bonds. The van der Waals surface area contributed by atoms with Crippen LogP contribution in [0.3, 0.4) is 0 Å². The lowest BCUT2D eigenvalue weighted by Crippen LogP contribution is -2.69. The van der Waals surface area contributed by atoms with Crippen molar-refractivity contribution in [2.45, 2.75) is 125 Å². The molecule has 0 aromatic heterocycles. The largest absolute Gasteiger partial charge is 0.480 e. The Labute approximate surface area is 313 Å². The van der Waals surface area contributed by atoms with Gasteiger partial charge in [-0.25, -0.2) is 14.6 Å². The first-order valence-electron chi connectivity index (χ1n) is 18.0. The minimum Gasteiger partial charge on any atom is -0.480 e. The number of hydrogen-bond donors (Lipinski definition) is 15. The molecule has 2 heterocycles. The number of ether oxygens (including phenoxy) is 2. The summed E-state index contributed by atoms with van der Waals surface area (Å²) >= 11 is 0. The monoisotopic (exact) mass is 776 g/mol. The summed E-state index contributed by atoms with van der Waals surface area (Å²) in [6.45, 7) is 0.361. The number of aliphatic carboxylic acids is 1. The Hall–Kier alpha value is -3.94. The van der Waals surface area contributed by atoms with E-state index in [0.717, 1.165) is 6.42 Å². The average Bonchev–Trinajstić information content (AvgIpc) is 3.54. The van der Waals surface area contributed by atoms with Gasteiger partial charge in [0.25, 0.3) is 0 Å². The fourth-order valence-corrected chi connectivity index (χ4v) is 5.89. The summed E-state index contributed by atoms with van der Waals surface area (Å²) in [5, 5.41) is 54.9. The second-order valence-corrected chi connectivity index (χ2v) is 13.5. The predicted molar refractivity (Wildman–Crippen MR) is 193 cm³/mol. The third-order valence-electron chi connectivity index (χ3n) is 8.83. The van der Waals surface area contributed by atoms with Crippen LogP contribution in [0.1, 0.15) is 57.8 Å². The molecule has 11 atom stereocenters. The molecular weight excluding hydrogens is 716 g/mol. The van der Waals surface area contributed by atoms with Crippen LogP contribution in [0.5, 0.6) is 0 Å². The van der Waals surface area contributed by atoms with Crippen LogP contribution in [0.4, 0.5) is 4.79 Å². The minimum atomic E-state index is -1.70. The Morgan fingerprint density at radius 2 is 1.39 bits per heavy atom. The molecule has 1 fully saturated rings. The highest BCUT2D eigenvalue weighted by molar-refractivity contribution is 5.89. The van der Waals surface area contributed by atoms with Crippen molar-refractivity contribution >= 4 is 35.7 Å². The maximum atomic E-state index is 13.0. The molecule has 0 aromatic rings. The van der Waals surface area contributed by atoms with Crippen LogP contribution in [0.15, 0.2) is 4.99 Å². The highest BCUT2D eigenvalue weighted by atomic mass is 16.6. The van der Waals surface area contributed by atoms with E-state index < -0.39 is 85.4 Å². The topological polar surface area (TPSA) is 413 Å². The van der Waals surface area contributed by atoms with Gasteiger partial charge in [0, 0.05) is 57.0 Å². The fraction of sp³-hybridized carbons (Fsp3) is 0.806. The summed E-state index contributed by atoms with van der Waals surface area (Å²) in [6, 6.07) is -5.24. The number of guanidine groups is 1. The van der Waals surface area contributed by atoms with Crippen LogP contribution >= 0.6 is 0 Å². The van der Waals surface area contributed by atoms with E-state index in [1.54, 1.807) is 0 Å². The van der Waals surface area contributed by atoms with Crippen LogP contribution in [0.2, 0.25) is 0 Å². The van der Waals surface area contributed by atoms with Gasteiger partial charge >= 0.3 is 12.1 Å². The van der Waals surface area contributed by atoms with Crippen molar-refractivity contribution < 1.29 is 53.9 Å². The molecule has 23 nitrogen and oxygen atoms in total. The zero-order valence-corrected chi connectivity index (χ0v) is 30.3. The van der Waals surface area contributed by atoms with Crippen molar-refractivity contribution in [3.8, 4) is 0 Å². The van der Waals surface area contributed by atoms with Crippen LogP contribution in [0, 0.1) is 0 Å². The van der Waals surface area contributed by atoms with Gasteiger partial charge in [0.15, 0.2) is 18.2 Å². The predicted octanol–water partition coefficient (Wildman–Crippen LogP) is -6.61. The number of nitrogens with two attached hydrogens (primary N) is 6. The molecular formula is C31H60N12O11. The third-order valence-corrected chi connectivity index (χ3v) is 8.83. The summed E-state index contributed by atoms with van der Waals surface area (Å²) in [4.78, 5) is 64.3. The van der Waals surface area contributed by atoms with Gasteiger partial charge < -0.3 is 90.9 Å². The van der Waals surface area contributed by atoms with Crippen molar-refractivity contribution in [1.82, 2.24) is 26.6 Å². The Kier molecular flexibility index (Phi) is 20.3. The standard InChI is InChI=1S/C31H60N12O11/c32-7-1-4-15(34)10-20(45)38-8-2-5-16(35)11-21(46)39-9-3-6-17(36)12-22(47)40-25-27(49)26(48)19(14-53-30(37)52)54-28(25)43-31-41-23(18(44)13-33)24(42-31)29(50)51/h15-19,23-28,44,48-49H,1-14,32-36H2,(H2,37,52)(H,38,45)(H,39,46)(H,40,47)(H,50,51)(H2,41,42,43)/t15-,16-,17-,18-,19-,23-,24+,25+,26-,27-,28+/m1/s1. The van der Waals surface area contributed by atoms with Gasteiger partial charge in [0.05, 0.1) is 12.1 Å². The Balaban J connectivity index is 1.83. The molecule has 2 aliphatic rings. The minimum absolute atomic E-state index is 0.0852. The van der Waals surface area contributed by atoms with E-state index >= 15 is 0 Å². The molecule has 1 saturated heterocycles. The van der Waals surface area contributed by atoms with Crippen LogP contribution in [-0.2, 0) is 28.7 Å². The normalized spacial score (nSPS) is 25.9. The summed E-state index contributed by atoms with van der Waals surface area (Å²) in [6.07, 6.45) is -5.16. The Bertz CT molecular complexity index is 1250. The van der Waals surface area contributed by atoms with Gasteiger partial charge in [0.2, 0.25) is 17.7 Å². The lowest BCUT2D eigenvalue weighted by Gasteiger charge is -2.43. The molecule has 0 saturated carbocycles. The number of amides is 4. The number of aliphatic hydroxyl groups is 3. The third kappa shape index (κ3) is 16.2. The maximum absolute atomic E-state index is 13.0. The first-order valence-corrected chi connectivity index (χ1v) is 18.0. The van der Waals surface area contributed by atoms with E-state index in [4.69, 9.17) is 43.9 Å². The number of carboxylic acids is 1. The average molecular weight is 777 g/mol. The summed E-state index contributed by atoms with van der Waals surface area (Å²) < 4.78 is 10.5. The van der Waals surface area contributed by atoms with Gasteiger partial charge in [-0.15, -0.1) is 0 Å². The van der Waals surface area contributed by atoms with Crippen LogP contribution in [0.25, 0.3) is 0 Å². The zero-order chi connectivity index (χ0) is 40.4. The van der Waals surface area contributed by atoms with Gasteiger partial charge in [-0.1, -0.05) is 0 Å². The molecule has 21 N–H and O–H groups in total. The molecule has 0 radical (unpaired) electrons. The van der Waals surface area contributed by atoms with Crippen molar-refractivity contribution in [2.24, 2.45) is 39.4 Å². The highest BCUT2D eigenvalue weighted by Crippen LogP contribution is 2.22. The lowest BCUT2D eigenvalue weighted by atomic mass is 9.95. The molecule has 2 aliphatic heterocycles. The number of carbonyl (C=O) groups is 5. The first-order chi connectivity index (χ1) is 25.6. The molecule has 310 valence electrons. The van der Waals surface area contributed by atoms with E-state index in [9.17, 15) is 44.4 Å². The number of nitrogens with zero attached hydrogens (tertiary/aromatic N) is 1. The molecule has 0 unspecified atom stereocenters. The highest BCUT2D eigenvalue weighted by Gasteiger charge is 2.47. The van der Waals surface area contributed by atoms with E-state index in [1.165, 1.54) is 0 Å². The number of carbonyl (C=O) groups excluding carboxylic acids is 4. The van der Waals surface area contributed by atoms with E-state index in [0.29, 0.717) is 45.2 Å². The van der Waals surface area contributed by atoms with Crippen molar-refractivity contribution in [1.29, 1.82) is 0 Å². The van der Waals surface area contributed by atoms with Gasteiger partial charge in [-0.2, -0.15) is 0 Å². The maximum Gasteiger partial charge on any atom is 0.404 e. The SMILES string of the molecule is NCCC[C@@H](N)CC(=O)NCCC[C@@H](N)CC(=O)NCCC[C@@H](N)CC(=O)N[C@H]1[C@@H](O)[C@H](O)[C@@H](COC(N)=O)O[C@@H]1NC1=N[C@H](C(=O)O)[C@@H]([C@H](O)CN)N1. The van der Waals surface area contributed by atoms with Crippen molar-refractivity contribution in [3.05, 3.63) is 0 Å². The number of carboxylic acid groups (broad SMARTS) is 1. The molecule has 0 aromatic carbocycles. The fourth-order valence-electron chi connectivity index (χ4n) is 5.89.